The Morgan fingerprint density at radius 3 is 2.42 bits per heavy atom. The summed E-state index contributed by atoms with van der Waals surface area (Å²) in [6, 6.07) is 22.1. The number of ether oxygens (including phenoxy) is 1. The monoisotopic (exact) mass is 430 g/mol. The third-order valence-corrected chi connectivity index (χ3v) is 6.24. The molecule has 0 aliphatic carbocycles. The maximum atomic E-state index is 13.0. The lowest BCUT2D eigenvalue weighted by atomic mass is 10.0. The number of nitrogens with zero attached hydrogens (tertiary/aromatic N) is 2. The van der Waals surface area contributed by atoms with Gasteiger partial charge in [-0.3, -0.25) is 4.79 Å². The quantitative estimate of drug-likeness (QED) is 0.365. The van der Waals surface area contributed by atoms with Gasteiger partial charge in [0, 0.05) is 18.7 Å². The van der Waals surface area contributed by atoms with Gasteiger partial charge in [0.1, 0.15) is 0 Å². The molecular formula is C26H26N2O2S. The van der Waals surface area contributed by atoms with E-state index in [9.17, 15) is 4.79 Å². The normalized spacial score (nSPS) is 11.9. The Labute approximate surface area is 186 Å². The van der Waals surface area contributed by atoms with Crippen LogP contribution in [0, 0.1) is 13.8 Å². The van der Waals surface area contributed by atoms with Crippen molar-refractivity contribution >= 4 is 27.5 Å². The van der Waals surface area contributed by atoms with E-state index >= 15 is 0 Å². The van der Waals surface area contributed by atoms with Gasteiger partial charge in [-0.1, -0.05) is 59.9 Å². The molecule has 0 radical (unpaired) electrons. The van der Waals surface area contributed by atoms with Gasteiger partial charge >= 0.3 is 0 Å². The number of hydrogen-bond donors (Lipinski definition) is 0. The number of amides is 1. The highest BCUT2D eigenvalue weighted by atomic mass is 32.1. The number of rotatable bonds is 6. The molecular weight excluding hydrogens is 404 g/mol. The van der Waals surface area contributed by atoms with E-state index in [4.69, 9.17) is 4.74 Å². The average molecular weight is 431 g/mol. The number of carbonyl (C=O) groups is 1. The smallest absolute Gasteiger partial charge is 0.279 e. The fourth-order valence-corrected chi connectivity index (χ4v) is 5.00. The van der Waals surface area contributed by atoms with E-state index < -0.39 is 0 Å². The fourth-order valence-electron chi connectivity index (χ4n) is 3.77. The summed E-state index contributed by atoms with van der Waals surface area (Å²) >= 11 is 1.55. The second-order valence-corrected chi connectivity index (χ2v) is 8.53. The predicted octanol–water partition coefficient (Wildman–Crippen LogP) is 5.76. The fraction of sp³-hybridized carbons (Fsp3) is 0.231. The molecule has 0 N–H and O–H groups in total. The highest BCUT2D eigenvalue weighted by molar-refractivity contribution is 7.16. The molecule has 1 amide bonds. The van der Waals surface area contributed by atoms with Crippen LogP contribution in [0.25, 0.3) is 21.3 Å². The molecule has 1 aromatic heterocycles. The largest absolute Gasteiger partial charge is 0.380 e. The minimum atomic E-state index is -0.231. The Morgan fingerprint density at radius 1 is 1.00 bits per heavy atom. The van der Waals surface area contributed by atoms with E-state index in [1.54, 1.807) is 11.3 Å². The molecule has 0 aliphatic heterocycles. The SMILES string of the molecule is CCOCCn1c(=NC(=O)c2ccc(-c3ccccc3)cc2)sc2cc(C)cc(C)c21. The van der Waals surface area contributed by atoms with Gasteiger partial charge in [0.2, 0.25) is 0 Å². The zero-order valence-electron chi connectivity index (χ0n) is 18.1. The summed E-state index contributed by atoms with van der Waals surface area (Å²) in [5, 5.41) is 0. The Hall–Kier alpha value is -3.02. The summed E-state index contributed by atoms with van der Waals surface area (Å²) in [6.45, 7) is 8.10. The number of fused-ring (bicyclic) bond motifs is 1. The Balaban J connectivity index is 1.71. The number of thiazole rings is 1. The summed E-state index contributed by atoms with van der Waals surface area (Å²) < 4.78 is 8.83. The van der Waals surface area contributed by atoms with Crippen LogP contribution in [0.2, 0.25) is 0 Å². The summed E-state index contributed by atoms with van der Waals surface area (Å²) in [6.07, 6.45) is 0. The molecule has 5 heteroatoms. The number of aryl methyl sites for hydroxylation is 2. The van der Waals surface area contributed by atoms with Gasteiger partial charge in [0.15, 0.2) is 4.80 Å². The molecule has 4 nitrogen and oxygen atoms in total. The first-order valence-electron chi connectivity index (χ1n) is 10.5. The van der Waals surface area contributed by atoms with Crippen LogP contribution in [-0.2, 0) is 11.3 Å². The maximum absolute atomic E-state index is 13.0. The van der Waals surface area contributed by atoms with Crippen LogP contribution >= 0.6 is 11.3 Å². The van der Waals surface area contributed by atoms with Gasteiger partial charge < -0.3 is 9.30 Å². The molecule has 0 fully saturated rings. The number of carbonyl (C=O) groups excluding carboxylic acids is 1. The first-order valence-corrected chi connectivity index (χ1v) is 11.3. The maximum Gasteiger partial charge on any atom is 0.279 e. The van der Waals surface area contributed by atoms with Gasteiger partial charge in [0.25, 0.3) is 5.91 Å². The van der Waals surface area contributed by atoms with Crippen LogP contribution < -0.4 is 4.80 Å². The molecule has 0 unspecified atom stereocenters. The lowest BCUT2D eigenvalue weighted by Crippen LogP contribution is -2.20. The van der Waals surface area contributed by atoms with Gasteiger partial charge in [-0.15, -0.1) is 0 Å². The minimum absolute atomic E-state index is 0.231. The standard InChI is InChI=1S/C26H26N2O2S/c1-4-30-15-14-28-24-19(3)16-18(2)17-23(24)31-26(28)27-25(29)22-12-10-21(11-13-22)20-8-6-5-7-9-20/h5-13,16-17H,4,14-15H2,1-3H3. The molecule has 31 heavy (non-hydrogen) atoms. The molecule has 0 aliphatic rings. The molecule has 0 saturated carbocycles. The third kappa shape index (κ3) is 4.68. The van der Waals surface area contributed by atoms with Crippen LogP contribution in [0.4, 0.5) is 0 Å². The number of benzene rings is 3. The molecule has 3 aromatic carbocycles. The molecule has 0 saturated heterocycles. The van der Waals surface area contributed by atoms with Gasteiger partial charge in [-0.25, -0.2) is 0 Å². The molecule has 0 bridgehead atoms. The zero-order chi connectivity index (χ0) is 21.8. The molecule has 0 atom stereocenters. The van der Waals surface area contributed by atoms with Crippen molar-refractivity contribution < 1.29 is 9.53 Å². The van der Waals surface area contributed by atoms with E-state index in [2.05, 4.69) is 47.7 Å². The van der Waals surface area contributed by atoms with E-state index in [-0.39, 0.29) is 5.91 Å². The van der Waals surface area contributed by atoms with E-state index in [0.717, 1.165) is 21.3 Å². The molecule has 158 valence electrons. The van der Waals surface area contributed by atoms with Crippen LogP contribution in [0.1, 0.15) is 28.4 Å². The van der Waals surface area contributed by atoms with E-state index in [1.165, 1.54) is 11.1 Å². The highest BCUT2D eigenvalue weighted by Gasteiger charge is 2.12. The van der Waals surface area contributed by atoms with Crippen molar-refractivity contribution in [3.8, 4) is 11.1 Å². The molecule has 4 rings (SSSR count). The highest BCUT2D eigenvalue weighted by Crippen LogP contribution is 2.24. The Bertz CT molecular complexity index is 1270. The summed E-state index contributed by atoms with van der Waals surface area (Å²) in [7, 11) is 0. The third-order valence-electron chi connectivity index (χ3n) is 5.21. The van der Waals surface area contributed by atoms with Gasteiger partial charge in [-0.05, 0) is 61.2 Å². The summed E-state index contributed by atoms with van der Waals surface area (Å²) in [4.78, 5) is 18.2. The first kappa shape index (κ1) is 21.2. The van der Waals surface area contributed by atoms with E-state index in [1.807, 2.05) is 49.4 Å². The van der Waals surface area contributed by atoms with Crippen molar-refractivity contribution in [3.05, 3.63) is 88.2 Å². The topological polar surface area (TPSA) is 43.6 Å². The van der Waals surface area contributed by atoms with Crippen molar-refractivity contribution in [2.75, 3.05) is 13.2 Å². The van der Waals surface area contributed by atoms with Crippen molar-refractivity contribution in [2.45, 2.75) is 27.3 Å². The lowest BCUT2D eigenvalue weighted by molar-refractivity contribution is 0.0996. The van der Waals surface area contributed by atoms with Crippen LogP contribution in [-0.4, -0.2) is 23.7 Å². The summed E-state index contributed by atoms with van der Waals surface area (Å²) in [5.74, 6) is -0.231. The van der Waals surface area contributed by atoms with Crippen molar-refractivity contribution in [1.82, 2.24) is 4.57 Å². The molecule has 1 heterocycles. The first-order chi connectivity index (χ1) is 15.1. The zero-order valence-corrected chi connectivity index (χ0v) is 18.9. The second kappa shape index (κ2) is 9.41. The second-order valence-electron chi connectivity index (χ2n) is 7.52. The average Bonchev–Trinajstić information content (AvgIpc) is 3.11. The Kier molecular flexibility index (Phi) is 6.44. The number of aromatic nitrogens is 1. The lowest BCUT2D eigenvalue weighted by Gasteiger charge is -2.08. The van der Waals surface area contributed by atoms with Gasteiger partial charge in [-0.2, -0.15) is 4.99 Å². The Morgan fingerprint density at radius 2 is 1.71 bits per heavy atom. The van der Waals surface area contributed by atoms with Crippen LogP contribution in [0.15, 0.2) is 71.7 Å². The minimum Gasteiger partial charge on any atom is -0.380 e. The van der Waals surface area contributed by atoms with Crippen molar-refractivity contribution in [3.63, 3.8) is 0 Å². The van der Waals surface area contributed by atoms with E-state index in [0.29, 0.717) is 30.1 Å². The molecule has 4 aromatic rings. The van der Waals surface area contributed by atoms with Crippen molar-refractivity contribution in [2.24, 2.45) is 4.99 Å². The van der Waals surface area contributed by atoms with Crippen molar-refractivity contribution in [1.29, 1.82) is 0 Å². The predicted molar refractivity (Wildman–Crippen MR) is 128 cm³/mol. The van der Waals surface area contributed by atoms with Gasteiger partial charge in [0.05, 0.1) is 16.8 Å². The summed E-state index contributed by atoms with van der Waals surface area (Å²) in [5.41, 5.74) is 6.31. The number of hydrogen-bond acceptors (Lipinski definition) is 3. The van der Waals surface area contributed by atoms with Crippen LogP contribution in [0.5, 0.6) is 0 Å². The van der Waals surface area contributed by atoms with Crippen LogP contribution in [0.3, 0.4) is 0 Å². The molecule has 0 spiro atoms.